The minimum atomic E-state index is -0.176. The number of hydrogen-bond acceptors (Lipinski definition) is 3. The van der Waals surface area contributed by atoms with Gasteiger partial charge in [0.05, 0.1) is 6.26 Å². The van der Waals surface area contributed by atoms with Crippen LogP contribution in [0.5, 0.6) is 0 Å². The van der Waals surface area contributed by atoms with Gasteiger partial charge < -0.3 is 20.4 Å². The van der Waals surface area contributed by atoms with Crippen molar-refractivity contribution in [3.05, 3.63) is 59.5 Å². The average Bonchev–Trinajstić information content (AvgIpc) is 3.10. The molecule has 1 heterocycles. The average molecular weight is 498 g/mol. The second-order valence-electron chi connectivity index (χ2n) is 7.14. The number of carbonyl (C=O) groups excluding carboxylic acids is 1. The number of rotatable bonds is 8. The lowest BCUT2D eigenvalue weighted by Gasteiger charge is -2.26. The van der Waals surface area contributed by atoms with Crippen molar-refractivity contribution < 1.29 is 9.21 Å². The molecule has 0 saturated heterocycles. The summed E-state index contributed by atoms with van der Waals surface area (Å²) in [6.07, 6.45) is 2.31. The molecule has 7 heteroatoms. The van der Waals surface area contributed by atoms with Gasteiger partial charge in [-0.1, -0.05) is 44.2 Å². The maximum absolute atomic E-state index is 12.0. The van der Waals surface area contributed by atoms with Crippen molar-refractivity contribution in [1.82, 2.24) is 16.0 Å². The second-order valence-corrected chi connectivity index (χ2v) is 7.14. The van der Waals surface area contributed by atoms with E-state index < -0.39 is 0 Å². The monoisotopic (exact) mass is 498 g/mol. The van der Waals surface area contributed by atoms with E-state index in [0.29, 0.717) is 18.8 Å². The van der Waals surface area contributed by atoms with Crippen LogP contribution in [0, 0.1) is 6.92 Å². The first-order chi connectivity index (χ1) is 12.9. The Morgan fingerprint density at radius 3 is 2.36 bits per heavy atom. The number of carbonyl (C=O) groups is 1. The van der Waals surface area contributed by atoms with Gasteiger partial charge in [0.15, 0.2) is 11.7 Å². The Kier molecular flexibility index (Phi) is 10.1. The normalized spacial score (nSPS) is 11.5. The highest BCUT2D eigenvalue weighted by Gasteiger charge is 2.20. The molecule has 0 bridgehead atoms. The zero-order valence-electron chi connectivity index (χ0n) is 17.0. The predicted molar refractivity (Wildman–Crippen MR) is 125 cm³/mol. The second kappa shape index (κ2) is 11.7. The van der Waals surface area contributed by atoms with Crippen molar-refractivity contribution in [3.63, 3.8) is 0 Å². The van der Waals surface area contributed by atoms with Crippen molar-refractivity contribution in [1.29, 1.82) is 0 Å². The van der Waals surface area contributed by atoms with Gasteiger partial charge in [-0.05, 0) is 25.0 Å². The van der Waals surface area contributed by atoms with E-state index in [-0.39, 0.29) is 35.3 Å². The molecule has 154 valence electrons. The van der Waals surface area contributed by atoms with Crippen LogP contribution in [0.25, 0.3) is 0 Å². The van der Waals surface area contributed by atoms with Crippen LogP contribution in [0.3, 0.4) is 0 Å². The van der Waals surface area contributed by atoms with E-state index in [1.165, 1.54) is 11.8 Å². The molecule has 1 aromatic carbocycles. The number of furan rings is 1. The van der Waals surface area contributed by atoms with Gasteiger partial charge in [-0.15, -0.1) is 24.0 Å². The number of aliphatic imine (C=N–C) groups is 1. The summed E-state index contributed by atoms with van der Waals surface area (Å²) < 4.78 is 5.18. The lowest BCUT2D eigenvalue weighted by molar-refractivity contribution is 0.0925. The Bertz CT molecular complexity index is 757. The largest absolute Gasteiger partial charge is 0.459 e. The minimum absolute atomic E-state index is 0. The molecule has 0 aliphatic rings. The molecule has 0 saturated carbocycles. The highest BCUT2D eigenvalue weighted by atomic mass is 127. The number of nitrogens with zero attached hydrogens (tertiary/aromatic N) is 1. The molecule has 0 aliphatic heterocycles. The van der Waals surface area contributed by atoms with Gasteiger partial charge in [0.25, 0.3) is 5.91 Å². The first kappa shape index (κ1) is 24.0. The first-order valence-electron chi connectivity index (χ1n) is 9.26. The molecular weight excluding hydrogens is 467 g/mol. The Hall–Kier alpha value is -2.03. The van der Waals surface area contributed by atoms with Gasteiger partial charge in [0.2, 0.25) is 0 Å². The predicted octanol–water partition coefficient (Wildman–Crippen LogP) is 3.47. The van der Waals surface area contributed by atoms with E-state index in [0.717, 1.165) is 24.5 Å². The lowest BCUT2D eigenvalue weighted by Crippen LogP contribution is -2.44. The molecule has 0 spiro atoms. The van der Waals surface area contributed by atoms with Crippen molar-refractivity contribution in [2.75, 3.05) is 26.7 Å². The van der Waals surface area contributed by atoms with E-state index in [1.807, 2.05) is 13.0 Å². The summed E-state index contributed by atoms with van der Waals surface area (Å²) in [6.45, 7) is 8.31. The number of amides is 1. The molecule has 0 fully saturated rings. The smallest absolute Gasteiger partial charge is 0.287 e. The minimum Gasteiger partial charge on any atom is -0.459 e. The van der Waals surface area contributed by atoms with Crippen LogP contribution in [0.2, 0.25) is 0 Å². The van der Waals surface area contributed by atoms with Crippen LogP contribution < -0.4 is 16.0 Å². The summed E-state index contributed by atoms with van der Waals surface area (Å²) in [4.78, 5) is 16.2. The van der Waals surface area contributed by atoms with E-state index in [9.17, 15) is 4.79 Å². The fourth-order valence-electron chi connectivity index (χ4n) is 2.70. The molecule has 0 unspecified atom stereocenters. The van der Waals surface area contributed by atoms with Crippen LogP contribution in [0.15, 0.2) is 52.1 Å². The molecule has 1 aromatic heterocycles. The third kappa shape index (κ3) is 7.18. The van der Waals surface area contributed by atoms with Crippen LogP contribution in [0.4, 0.5) is 0 Å². The summed E-state index contributed by atoms with van der Waals surface area (Å²) >= 11 is 0. The van der Waals surface area contributed by atoms with Gasteiger partial charge in [0, 0.05) is 37.7 Å². The highest BCUT2D eigenvalue weighted by Crippen LogP contribution is 2.21. The Balaban J connectivity index is 0.00000392. The number of guanidine groups is 1. The zero-order chi connectivity index (χ0) is 19.7. The molecule has 1 amide bonds. The first-order valence-corrected chi connectivity index (χ1v) is 9.26. The molecule has 28 heavy (non-hydrogen) atoms. The van der Waals surface area contributed by atoms with Gasteiger partial charge in [0.1, 0.15) is 0 Å². The Morgan fingerprint density at radius 1 is 1.07 bits per heavy atom. The van der Waals surface area contributed by atoms with Gasteiger partial charge in [-0.25, -0.2) is 0 Å². The van der Waals surface area contributed by atoms with E-state index in [4.69, 9.17) is 4.42 Å². The number of hydrogen-bond donors (Lipinski definition) is 3. The van der Waals surface area contributed by atoms with Crippen LogP contribution >= 0.6 is 24.0 Å². The maximum atomic E-state index is 12.0. The quantitative estimate of drug-likeness (QED) is 0.226. The molecule has 0 radical (unpaired) electrons. The van der Waals surface area contributed by atoms with Gasteiger partial charge in [-0.3, -0.25) is 9.79 Å². The summed E-state index contributed by atoms with van der Waals surface area (Å²) in [5.74, 6) is 0.959. The Labute approximate surface area is 184 Å². The molecule has 0 atom stereocenters. The molecule has 2 rings (SSSR count). The molecule has 6 nitrogen and oxygen atoms in total. The van der Waals surface area contributed by atoms with E-state index in [2.05, 4.69) is 59.1 Å². The number of halogens is 1. The number of benzene rings is 1. The van der Waals surface area contributed by atoms with Gasteiger partial charge in [-0.2, -0.15) is 0 Å². The Morgan fingerprint density at radius 2 is 1.75 bits per heavy atom. The van der Waals surface area contributed by atoms with E-state index in [1.54, 1.807) is 13.1 Å². The lowest BCUT2D eigenvalue weighted by atomic mass is 9.85. The summed E-state index contributed by atoms with van der Waals surface area (Å²) in [7, 11) is 1.76. The van der Waals surface area contributed by atoms with Gasteiger partial charge >= 0.3 is 0 Å². The third-order valence-electron chi connectivity index (χ3n) is 4.48. The van der Waals surface area contributed by atoms with Crippen LogP contribution in [0.1, 0.15) is 41.9 Å². The van der Waals surface area contributed by atoms with E-state index >= 15 is 0 Å². The third-order valence-corrected chi connectivity index (χ3v) is 4.48. The summed E-state index contributed by atoms with van der Waals surface area (Å²) in [5, 5.41) is 9.51. The molecular formula is C21H31IN4O2. The van der Waals surface area contributed by atoms with Crippen LogP contribution in [-0.2, 0) is 5.41 Å². The topological polar surface area (TPSA) is 78.7 Å². The van der Waals surface area contributed by atoms with Crippen molar-refractivity contribution in [3.8, 4) is 0 Å². The van der Waals surface area contributed by atoms with Crippen molar-refractivity contribution in [2.45, 2.75) is 32.6 Å². The molecule has 2 aromatic rings. The van der Waals surface area contributed by atoms with Crippen molar-refractivity contribution >= 4 is 35.8 Å². The summed E-state index contributed by atoms with van der Waals surface area (Å²) in [5.41, 5.74) is 2.12. The number of aryl methyl sites for hydroxylation is 1. The SMILES string of the molecule is CN=C(NCCCNC(=O)c1occc1C)NCC(C)(C)c1ccccc1.I. The zero-order valence-corrected chi connectivity index (χ0v) is 19.4. The summed E-state index contributed by atoms with van der Waals surface area (Å²) in [6, 6.07) is 12.2. The van der Waals surface area contributed by atoms with Crippen molar-refractivity contribution in [2.24, 2.45) is 4.99 Å². The molecule has 0 aliphatic carbocycles. The maximum Gasteiger partial charge on any atom is 0.287 e. The van der Waals surface area contributed by atoms with Crippen LogP contribution in [-0.4, -0.2) is 38.5 Å². The fourth-order valence-corrected chi connectivity index (χ4v) is 2.70. The molecule has 3 N–H and O–H groups in total. The number of nitrogens with one attached hydrogen (secondary N) is 3. The highest BCUT2D eigenvalue weighted by molar-refractivity contribution is 14.0. The standard InChI is InChI=1S/C21H30N4O2.HI/c1-16-11-14-27-18(16)19(26)23-12-8-13-24-20(22-4)25-15-21(2,3)17-9-6-5-7-10-17;/h5-7,9-11,14H,8,12-13,15H2,1-4H3,(H,23,26)(H2,22,24,25);1H. The fraction of sp³-hybridized carbons (Fsp3) is 0.429.